The molecule has 2 rings (SSSR count). The quantitative estimate of drug-likeness (QED) is 0.916. The number of halogens is 3. The molecule has 0 spiro atoms. The van der Waals surface area contributed by atoms with Crippen LogP contribution >= 0.6 is 11.6 Å². The Kier molecular flexibility index (Phi) is 4.12. The molecular weight excluding hydrogens is 272 g/mol. The number of amides is 1. The van der Waals surface area contributed by atoms with E-state index in [9.17, 15) is 13.6 Å². The van der Waals surface area contributed by atoms with Gasteiger partial charge in [0.2, 0.25) is 0 Å². The summed E-state index contributed by atoms with van der Waals surface area (Å²) in [5, 5.41) is 2.78. The number of carbonyl (C=O) groups is 1. The lowest BCUT2D eigenvalue weighted by atomic mass is 10.2. The summed E-state index contributed by atoms with van der Waals surface area (Å²) in [5.74, 6) is -1.32. The number of benzene rings is 2. The fourth-order valence-corrected chi connectivity index (χ4v) is 1.80. The average Bonchev–Trinajstić information content (AvgIpc) is 2.38. The summed E-state index contributed by atoms with van der Waals surface area (Å²) in [6.07, 6.45) is 0. The van der Waals surface area contributed by atoms with Gasteiger partial charge in [-0.05, 0) is 36.4 Å². The molecule has 0 bridgehead atoms. The van der Waals surface area contributed by atoms with Crippen molar-refractivity contribution in [3.05, 3.63) is 70.2 Å². The van der Waals surface area contributed by atoms with Crippen molar-refractivity contribution in [1.29, 1.82) is 0 Å². The Hall–Kier alpha value is -1.94. The first-order valence-corrected chi connectivity index (χ1v) is 5.92. The summed E-state index contributed by atoms with van der Waals surface area (Å²) < 4.78 is 26.2. The van der Waals surface area contributed by atoms with Gasteiger partial charge in [-0.1, -0.05) is 17.7 Å². The largest absolute Gasteiger partial charge is 0.348 e. The molecule has 0 aliphatic carbocycles. The van der Waals surface area contributed by atoms with Crippen LogP contribution in [0.5, 0.6) is 0 Å². The fourth-order valence-electron chi connectivity index (χ4n) is 1.57. The molecule has 2 aromatic rings. The highest BCUT2D eigenvalue weighted by atomic mass is 35.5. The predicted octanol–water partition coefficient (Wildman–Crippen LogP) is 3.55. The minimum absolute atomic E-state index is 0.0261. The second kappa shape index (κ2) is 5.80. The van der Waals surface area contributed by atoms with Gasteiger partial charge >= 0.3 is 0 Å². The number of rotatable bonds is 3. The average molecular weight is 282 g/mol. The molecule has 98 valence electrons. The van der Waals surface area contributed by atoms with Crippen LogP contribution < -0.4 is 5.32 Å². The van der Waals surface area contributed by atoms with E-state index in [0.29, 0.717) is 5.56 Å². The predicted molar refractivity (Wildman–Crippen MR) is 69.0 cm³/mol. The topological polar surface area (TPSA) is 29.1 Å². The third-order valence-electron chi connectivity index (χ3n) is 2.59. The van der Waals surface area contributed by atoms with Gasteiger partial charge < -0.3 is 5.32 Å². The van der Waals surface area contributed by atoms with Gasteiger partial charge in [-0.3, -0.25) is 4.79 Å². The van der Waals surface area contributed by atoms with Crippen LogP contribution in [-0.4, -0.2) is 5.91 Å². The fraction of sp³-hybridized carbons (Fsp3) is 0.0714. The van der Waals surface area contributed by atoms with E-state index >= 15 is 0 Å². The van der Waals surface area contributed by atoms with E-state index in [2.05, 4.69) is 5.32 Å². The van der Waals surface area contributed by atoms with Gasteiger partial charge in [-0.2, -0.15) is 0 Å². The van der Waals surface area contributed by atoms with E-state index in [-0.39, 0.29) is 17.1 Å². The standard InChI is InChI=1S/C14H10ClF2NO/c15-12-2-1-3-13(17)11(12)8-18-14(19)9-4-6-10(16)7-5-9/h1-7H,8H2,(H,18,19). The second-order valence-electron chi connectivity index (χ2n) is 3.89. The summed E-state index contributed by atoms with van der Waals surface area (Å²) >= 11 is 5.84. The molecule has 0 atom stereocenters. The Morgan fingerprint density at radius 3 is 2.42 bits per heavy atom. The van der Waals surface area contributed by atoms with Crippen LogP contribution in [0.2, 0.25) is 5.02 Å². The highest BCUT2D eigenvalue weighted by Crippen LogP contribution is 2.18. The maximum Gasteiger partial charge on any atom is 0.251 e. The second-order valence-corrected chi connectivity index (χ2v) is 4.30. The van der Waals surface area contributed by atoms with Crippen molar-refractivity contribution in [2.24, 2.45) is 0 Å². The molecule has 5 heteroatoms. The lowest BCUT2D eigenvalue weighted by Crippen LogP contribution is -2.23. The van der Waals surface area contributed by atoms with Crippen molar-refractivity contribution >= 4 is 17.5 Å². The minimum Gasteiger partial charge on any atom is -0.348 e. The van der Waals surface area contributed by atoms with Crippen molar-refractivity contribution in [2.75, 3.05) is 0 Å². The zero-order valence-electron chi connectivity index (χ0n) is 9.79. The number of hydrogen-bond acceptors (Lipinski definition) is 1. The Morgan fingerprint density at radius 2 is 1.79 bits per heavy atom. The molecule has 0 heterocycles. The van der Waals surface area contributed by atoms with Gasteiger partial charge in [-0.15, -0.1) is 0 Å². The van der Waals surface area contributed by atoms with Crippen molar-refractivity contribution in [3.8, 4) is 0 Å². The van der Waals surface area contributed by atoms with Crippen molar-refractivity contribution in [2.45, 2.75) is 6.54 Å². The van der Waals surface area contributed by atoms with Crippen LogP contribution in [0.4, 0.5) is 8.78 Å². The monoisotopic (exact) mass is 281 g/mol. The van der Waals surface area contributed by atoms with Crippen molar-refractivity contribution in [3.63, 3.8) is 0 Å². The van der Waals surface area contributed by atoms with Crippen LogP contribution in [0.25, 0.3) is 0 Å². The summed E-state index contributed by atoms with van der Waals surface area (Å²) in [4.78, 5) is 11.8. The van der Waals surface area contributed by atoms with Crippen LogP contribution in [0.1, 0.15) is 15.9 Å². The Balaban J connectivity index is 2.06. The number of nitrogens with one attached hydrogen (secondary N) is 1. The maximum atomic E-state index is 13.5. The highest BCUT2D eigenvalue weighted by molar-refractivity contribution is 6.31. The molecule has 0 radical (unpaired) electrons. The van der Waals surface area contributed by atoms with Crippen LogP contribution in [0.15, 0.2) is 42.5 Å². The molecule has 0 aliphatic heterocycles. The van der Waals surface area contributed by atoms with E-state index in [0.717, 1.165) is 0 Å². The van der Waals surface area contributed by atoms with E-state index in [1.165, 1.54) is 36.4 Å². The molecule has 0 aromatic heterocycles. The molecule has 2 nitrogen and oxygen atoms in total. The van der Waals surface area contributed by atoms with Crippen LogP contribution in [0, 0.1) is 11.6 Å². The normalized spacial score (nSPS) is 10.3. The molecule has 0 fully saturated rings. The lowest BCUT2D eigenvalue weighted by Gasteiger charge is -2.08. The lowest BCUT2D eigenvalue weighted by molar-refractivity contribution is 0.0950. The Morgan fingerprint density at radius 1 is 1.11 bits per heavy atom. The molecule has 0 saturated heterocycles. The minimum atomic E-state index is -0.480. The van der Waals surface area contributed by atoms with Crippen molar-refractivity contribution < 1.29 is 13.6 Å². The molecule has 0 unspecified atom stereocenters. The van der Waals surface area contributed by atoms with E-state index in [1.54, 1.807) is 6.07 Å². The van der Waals surface area contributed by atoms with Crippen LogP contribution in [0.3, 0.4) is 0 Å². The third-order valence-corrected chi connectivity index (χ3v) is 2.95. The first-order chi connectivity index (χ1) is 9.08. The SMILES string of the molecule is O=C(NCc1c(F)cccc1Cl)c1ccc(F)cc1. The number of hydrogen-bond donors (Lipinski definition) is 1. The summed E-state index contributed by atoms with van der Waals surface area (Å²) in [7, 11) is 0. The first-order valence-electron chi connectivity index (χ1n) is 5.54. The summed E-state index contributed by atoms with van der Waals surface area (Å²) in [6.45, 7) is -0.0261. The summed E-state index contributed by atoms with van der Waals surface area (Å²) in [6, 6.07) is 9.38. The zero-order chi connectivity index (χ0) is 13.8. The van der Waals surface area contributed by atoms with Gasteiger partial charge in [0.05, 0.1) is 0 Å². The molecule has 2 aromatic carbocycles. The van der Waals surface area contributed by atoms with Gasteiger partial charge in [0.25, 0.3) is 5.91 Å². The highest BCUT2D eigenvalue weighted by Gasteiger charge is 2.10. The van der Waals surface area contributed by atoms with Crippen molar-refractivity contribution in [1.82, 2.24) is 5.32 Å². The maximum absolute atomic E-state index is 13.5. The van der Waals surface area contributed by atoms with Crippen LogP contribution in [-0.2, 0) is 6.54 Å². The number of carbonyl (C=O) groups excluding carboxylic acids is 1. The van der Waals surface area contributed by atoms with Gasteiger partial charge in [0.15, 0.2) is 0 Å². The third kappa shape index (κ3) is 3.29. The molecule has 0 aliphatic rings. The molecule has 1 amide bonds. The van der Waals surface area contributed by atoms with Gasteiger partial charge in [0, 0.05) is 22.7 Å². The van der Waals surface area contributed by atoms with E-state index < -0.39 is 17.5 Å². The molecule has 0 saturated carbocycles. The van der Waals surface area contributed by atoms with E-state index in [1.807, 2.05) is 0 Å². The smallest absolute Gasteiger partial charge is 0.251 e. The Labute approximate surface area is 114 Å². The Bertz CT molecular complexity index is 579. The summed E-state index contributed by atoms with van der Waals surface area (Å²) in [5.41, 5.74) is 0.522. The van der Waals surface area contributed by atoms with Gasteiger partial charge in [0.1, 0.15) is 11.6 Å². The zero-order valence-corrected chi connectivity index (χ0v) is 10.5. The molecular formula is C14H10ClF2NO. The first kappa shape index (κ1) is 13.5. The molecule has 1 N–H and O–H groups in total. The van der Waals surface area contributed by atoms with Gasteiger partial charge in [-0.25, -0.2) is 8.78 Å². The van der Waals surface area contributed by atoms with E-state index in [4.69, 9.17) is 11.6 Å². The molecule has 19 heavy (non-hydrogen) atoms.